The van der Waals surface area contributed by atoms with Gasteiger partial charge in [0.2, 0.25) is 21.8 Å². The summed E-state index contributed by atoms with van der Waals surface area (Å²) in [5.41, 5.74) is 0.363. The van der Waals surface area contributed by atoms with Crippen molar-refractivity contribution in [2.75, 3.05) is 51.3 Å². The average Bonchev–Trinajstić information content (AvgIpc) is 3.74. The predicted molar refractivity (Wildman–Crippen MR) is 156 cm³/mol. The Bertz CT molecular complexity index is 1400. The van der Waals surface area contributed by atoms with Gasteiger partial charge in [0, 0.05) is 51.7 Å². The number of hydrogen-bond donors (Lipinski definition) is 2. The van der Waals surface area contributed by atoms with Crippen molar-refractivity contribution in [1.82, 2.24) is 19.8 Å². The minimum absolute atomic E-state index is 0.0248. The van der Waals surface area contributed by atoms with Crippen LogP contribution in [0, 0.1) is 0 Å². The quantitative estimate of drug-likeness (QED) is 0.416. The van der Waals surface area contributed by atoms with Crippen molar-refractivity contribution in [3.8, 4) is 5.75 Å². The van der Waals surface area contributed by atoms with E-state index in [1.54, 1.807) is 29.2 Å². The van der Waals surface area contributed by atoms with E-state index < -0.39 is 27.9 Å². The number of ether oxygens (including phenoxy) is 1. The lowest BCUT2D eigenvalue weighted by molar-refractivity contribution is -0.134. The highest BCUT2D eigenvalue weighted by atomic mass is 35.5. The topological polar surface area (TPSA) is 128 Å². The summed E-state index contributed by atoms with van der Waals surface area (Å²) in [4.78, 5) is 44.7. The molecular weight excluding hydrogens is 590 g/mol. The van der Waals surface area contributed by atoms with Gasteiger partial charge in [-0.3, -0.25) is 19.3 Å². The Morgan fingerprint density at radius 2 is 1.85 bits per heavy atom. The van der Waals surface area contributed by atoms with Crippen molar-refractivity contribution < 1.29 is 27.5 Å². The molecule has 2 N–H and O–H groups in total. The van der Waals surface area contributed by atoms with Crippen LogP contribution in [0.15, 0.2) is 35.2 Å². The van der Waals surface area contributed by atoms with E-state index in [2.05, 4.69) is 14.9 Å². The number of carbonyl (C=O) groups is 3. The number of benzene rings is 1. The molecule has 11 nitrogen and oxygen atoms in total. The van der Waals surface area contributed by atoms with Crippen LogP contribution in [-0.2, 0) is 19.6 Å². The fraction of sp³-hybridized carbons (Fsp3) is 0.519. The fourth-order valence-corrected chi connectivity index (χ4v) is 7.64. The lowest BCUT2D eigenvalue weighted by atomic mass is 10.1. The van der Waals surface area contributed by atoms with Crippen LogP contribution < -0.4 is 19.7 Å². The molecule has 2 aliphatic heterocycles. The molecule has 3 aliphatic rings. The maximum atomic E-state index is 13.8. The van der Waals surface area contributed by atoms with E-state index >= 15 is 0 Å². The van der Waals surface area contributed by atoms with Crippen LogP contribution in [0.25, 0.3) is 0 Å². The fourth-order valence-electron chi connectivity index (χ4n) is 5.31. The van der Waals surface area contributed by atoms with Crippen LogP contribution in [0.3, 0.4) is 0 Å². The summed E-state index contributed by atoms with van der Waals surface area (Å²) in [5.74, 6) is -0.959. The number of methoxy groups -OCH3 is 1. The van der Waals surface area contributed by atoms with Crippen LogP contribution in [-0.4, -0.2) is 94.4 Å². The second kappa shape index (κ2) is 12.7. The second-order valence-corrected chi connectivity index (χ2v) is 13.8. The van der Waals surface area contributed by atoms with Crippen molar-refractivity contribution in [2.45, 2.75) is 49.1 Å². The van der Waals surface area contributed by atoms with Gasteiger partial charge in [-0.1, -0.05) is 17.7 Å². The van der Waals surface area contributed by atoms with E-state index in [0.717, 1.165) is 37.3 Å². The molecule has 222 valence electrons. The van der Waals surface area contributed by atoms with E-state index in [4.69, 9.17) is 16.3 Å². The highest BCUT2D eigenvalue weighted by molar-refractivity contribution is 7.89. The molecule has 3 heterocycles. The first kappa shape index (κ1) is 29.8. The summed E-state index contributed by atoms with van der Waals surface area (Å²) in [5, 5.41) is 2.68. The first-order valence-electron chi connectivity index (χ1n) is 13.7. The molecule has 41 heavy (non-hydrogen) atoms. The van der Waals surface area contributed by atoms with Crippen LogP contribution in [0.2, 0.25) is 4.34 Å². The number of anilines is 1. The number of sulfonamides is 1. The van der Waals surface area contributed by atoms with Crippen LogP contribution >= 0.6 is 22.9 Å². The molecule has 1 aliphatic carbocycles. The van der Waals surface area contributed by atoms with Crippen molar-refractivity contribution in [1.29, 1.82) is 0 Å². The maximum absolute atomic E-state index is 13.8. The summed E-state index contributed by atoms with van der Waals surface area (Å²) < 4.78 is 36.1. The van der Waals surface area contributed by atoms with Crippen molar-refractivity contribution >= 4 is 56.4 Å². The van der Waals surface area contributed by atoms with E-state index in [-0.39, 0.29) is 23.1 Å². The Labute approximate surface area is 248 Å². The third-order valence-corrected chi connectivity index (χ3v) is 10.3. The monoisotopic (exact) mass is 623 g/mol. The largest absolute Gasteiger partial charge is 0.493 e. The van der Waals surface area contributed by atoms with Crippen LogP contribution in [0.1, 0.15) is 41.8 Å². The van der Waals surface area contributed by atoms with Gasteiger partial charge in [0.05, 0.1) is 22.0 Å². The molecule has 0 spiro atoms. The van der Waals surface area contributed by atoms with Gasteiger partial charge in [0.1, 0.15) is 10.9 Å². The molecule has 3 fully saturated rings. The van der Waals surface area contributed by atoms with Gasteiger partial charge in [0.15, 0.2) is 5.75 Å². The van der Waals surface area contributed by atoms with Crippen molar-refractivity contribution in [2.24, 2.45) is 0 Å². The van der Waals surface area contributed by atoms with Crippen molar-refractivity contribution in [3.63, 3.8) is 0 Å². The average molecular weight is 624 g/mol. The SMILES string of the molecule is COc1c(N2CCCCC2=O)cccc1S(=O)(=O)N[C@@H](CNC(=O)c1ccc(Cl)s1)C(=O)N1CCN(C2CC2)CC1. The van der Waals surface area contributed by atoms with Gasteiger partial charge in [-0.05, 0) is 49.9 Å². The number of amides is 3. The molecule has 0 unspecified atom stereocenters. The number of halogens is 1. The Kier molecular flexibility index (Phi) is 9.19. The first-order valence-corrected chi connectivity index (χ1v) is 16.4. The van der Waals surface area contributed by atoms with Crippen LogP contribution in [0.5, 0.6) is 5.75 Å². The van der Waals surface area contributed by atoms with Gasteiger partial charge in [-0.25, -0.2) is 8.42 Å². The zero-order valence-electron chi connectivity index (χ0n) is 22.8. The van der Waals surface area contributed by atoms with Gasteiger partial charge in [0.25, 0.3) is 5.91 Å². The normalized spacial score (nSPS) is 19.2. The molecular formula is C27H34ClN5O6S2. The van der Waals surface area contributed by atoms with Gasteiger partial charge in [-0.2, -0.15) is 4.72 Å². The maximum Gasteiger partial charge on any atom is 0.261 e. The number of carbonyl (C=O) groups excluding carboxylic acids is 3. The smallest absolute Gasteiger partial charge is 0.261 e. The molecule has 0 radical (unpaired) electrons. The number of nitrogens with one attached hydrogen (secondary N) is 2. The molecule has 1 saturated carbocycles. The molecule has 0 bridgehead atoms. The van der Waals surface area contributed by atoms with E-state index in [1.165, 1.54) is 30.9 Å². The molecule has 1 aromatic heterocycles. The first-order chi connectivity index (χ1) is 19.7. The Hall–Kier alpha value is -2.71. The number of thiophene rings is 1. The predicted octanol–water partition coefficient (Wildman–Crippen LogP) is 2.31. The Morgan fingerprint density at radius 3 is 2.49 bits per heavy atom. The van der Waals surface area contributed by atoms with Gasteiger partial charge < -0.3 is 19.9 Å². The molecule has 3 amide bonds. The lowest BCUT2D eigenvalue weighted by Gasteiger charge is -2.36. The molecule has 2 saturated heterocycles. The Balaban J connectivity index is 1.38. The molecule has 2 aromatic rings. The summed E-state index contributed by atoms with van der Waals surface area (Å²) in [6.07, 6.45) is 4.28. The van der Waals surface area contributed by atoms with E-state index in [0.29, 0.717) is 47.0 Å². The standard InChI is InChI=1S/C27H34ClN5O6S2/c1-39-25-20(33-12-3-2-7-24(33)34)5-4-6-22(25)41(37,38)30-19(17-29-26(35)21-10-11-23(28)40-21)27(36)32-15-13-31(14-16-32)18-8-9-18/h4-6,10-11,18-19,30H,2-3,7-9,12-17H2,1H3,(H,29,35)/t19-/m0/s1. The third-order valence-electron chi connectivity index (χ3n) is 7.61. The zero-order chi connectivity index (χ0) is 29.1. The molecule has 1 atom stereocenters. The Morgan fingerprint density at radius 1 is 1.10 bits per heavy atom. The molecule has 5 rings (SSSR count). The highest BCUT2D eigenvalue weighted by Gasteiger charge is 2.36. The lowest BCUT2D eigenvalue weighted by Crippen LogP contribution is -2.58. The van der Waals surface area contributed by atoms with Gasteiger partial charge >= 0.3 is 0 Å². The summed E-state index contributed by atoms with van der Waals surface area (Å²) >= 11 is 7.05. The number of para-hydroxylation sites is 1. The number of hydrogen-bond acceptors (Lipinski definition) is 8. The van der Waals surface area contributed by atoms with Crippen molar-refractivity contribution in [3.05, 3.63) is 39.5 Å². The molecule has 14 heteroatoms. The second-order valence-electron chi connectivity index (χ2n) is 10.4. The van der Waals surface area contributed by atoms with E-state index in [9.17, 15) is 22.8 Å². The minimum Gasteiger partial charge on any atom is -0.493 e. The summed E-state index contributed by atoms with van der Waals surface area (Å²) in [6.45, 7) is 2.57. The van der Waals surface area contributed by atoms with E-state index in [1.807, 2.05) is 0 Å². The van der Waals surface area contributed by atoms with Crippen LogP contribution in [0.4, 0.5) is 5.69 Å². The van der Waals surface area contributed by atoms with Gasteiger partial charge in [-0.15, -0.1) is 11.3 Å². The summed E-state index contributed by atoms with van der Waals surface area (Å²) in [6, 6.07) is 7.04. The molecule has 1 aromatic carbocycles. The zero-order valence-corrected chi connectivity index (χ0v) is 25.2. The number of piperidine rings is 1. The number of nitrogens with zero attached hydrogens (tertiary/aromatic N) is 3. The summed E-state index contributed by atoms with van der Waals surface area (Å²) in [7, 11) is -2.98. The highest BCUT2D eigenvalue weighted by Crippen LogP contribution is 2.36. The third kappa shape index (κ3) is 6.86. The minimum atomic E-state index is -4.33. The number of piperazine rings is 1. The number of rotatable bonds is 10.